The van der Waals surface area contributed by atoms with Crippen LogP contribution in [-0.2, 0) is 6.54 Å². The summed E-state index contributed by atoms with van der Waals surface area (Å²) >= 11 is 0. The molecule has 1 heterocycles. The average molecular weight is 352 g/mol. The van der Waals surface area contributed by atoms with Crippen molar-refractivity contribution in [2.75, 3.05) is 6.54 Å². The Labute approximate surface area is 150 Å². The number of para-hydroxylation sites is 1. The van der Waals surface area contributed by atoms with Crippen molar-refractivity contribution < 1.29 is 4.92 Å². The lowest BCUT2D eigenvalue weighted by Crippen LogP contribution is -2.28. The lowest BCUT2D eigenvalue weighted by Gasteiger charge is -2.27. The number of aromatic amines is 1. The van der Waals surface area contributed by atoms with Gasteiger partial charge in [-0.15, -0.1) is 0 Å². The maximum absolute atomic E-state index is 12.2. The van der Waals surface area contributed by atoms with Crippen LogP contribution in [0.5, 0.6) is 0 Å². The van der Waals surface area contributed by atoms with Crippen molar-refractivity contribution in [2.45, 2.75) is 26.4 Å². The molecule has 1 unspecified atom stereocenters. The van der Waals surface area contributed by atoms with Gasteiger partial charge < -0.3 is 4.98 Å². The van der Waals surface area contributed by atoms with Crippen molar-refractivity contribution >= 4 is 16.6 Å². The summed E-state index contributed by atoms with van der Waals surface area (Å²) in [6.07, 6.45) is 0. The summed E-state index contributed by atoms with van der Waals surface area (Å²) < 4.78 is 0. The molecule has 7 heteroatoms. The zero-order valence-corrected chi connectivity index (χ0v) is 14.7. The predicted molar refractivity (Wildman–Crippen MR) is 100.0 cm³/mol. The third-order valence-electron chi connectivity index (χ3n) is 4.53. The standard InChI is InChI=1S/C19H20N4O3/c1-3-22(13(2)14-7-6-8-15(11-14)23(25)26)12-18-20-17-10-5-4-9-16(17)19(24)21-18/h4-11,13H,3,12H2,1-2H3,(H,20,21,24). The Kier molecular flexibility index (Phi) is 5.09. The number of nitrogens with zero attached hydrogens (tertiary/aromatic N) is 3. The first-order valence-corrected chi connectivity index (χ1v) is 8.46. The molecule has 0 saturated heterocycles. The molecule has 0 bridgehead atoms. The molecule has 0 fully saturated rings. The maximum atomic E-state index is 12.2. The Hall–Kier alpha value is -3.06. The lowest BCUT2D eigenvalue weighted by molar-refractivity contribution is -0.385. The second kappa shape index (κ2) is 7.45. The molecular weight excluding hydrogens is 332 g/mol. The number of nitro groups is 1. The number of fused-ring (bicyclic) bond motifs is 1. The first-order chi connectivity index (χ1) is 12.5. The number of hydrogen-bond donors (Lipinski definition) is 1. The van der Waals surface area contributed by atoms with Crippen molar-refractivity contribution in [1.29, 1.82) is 0 Å². The molecule has 1 N–H and O–H groups in total. The Morgan fingerprint density at radius 3 is 2.73 bits per heavy atom. The molecular formula is C19H20N4O3. The van der Waals surface area contributed by atoms with E-state index in [1.54, 1.807) is 18.2 Å². The largest absolute Gasteiger partial charge is 0.309 e. The monoisotopic (exact) mass is 352 g/mol. The Balaban J connectivity index is 1.88. The van der Waals surface area contributed by atoms with Crippen molar-refractivity contribution in [2.24, 2.45) is 0 Å². The molecule has 0 aliphatic carbocycles. The fraction of sp³-hybridized carbons (Fsp3) is 0.263. The van der Waals surface area contributed by atoms with Crippen LogP contribution in [0.15, 0.2) is 53.3 Å². The van der Waals surface area contributed by atoms with E-state index in [-0.39, 0.29) is 17.3 Å². The first kappa shape index (κ1) is 17.8. The van der Waals surface area contributed by atoms with E-state index in [1.165, 1.54) is 6.07 Å². The molecule has 0 radical (unpaired) electrons. The molecule has 26 heavy (non-hydrogen) atoms. The van der Waals surface area contributed by atoms with Crippen LogP contribution in [0.25, 0.3) is 10.9 Å². The molecule has 0 saturated carbocycles. The smallest absolute Gasteiger partial charge is 0.269 e. The SMILES string of the molecule is CCN(Cc1nc2ccccc2c(=O)[nH]1)C(C)c1cccc([N+](=O)[O-])c1. The third kappa shape index (κ3) is 3.62. The molecule has 1 aromatic heterocycles. The summed E-state index contributed by atoms with van der Waals surface area (Å²) in [6.45, 7) is 5.15. The second-order valence-electron chi connectivity index (χ2n) is 6.12. The van der Waals surface area contributed by atoms with Gasteiger partial charge in [0.2, 0.25) is 0 Å². The van der Waals surface area contributed by atoms with Crippen molar-refractivity contribution in [3.8, 4) is 0 Å². The highest BCUT2D eigenvalue weighted by atomic mass is 16.6. The zero-order valence-electron chi connectivity index (χ0n) is 14.7. The van der Waals surface area contributed by atoms with E-state index in [2.05, 4.69) is 14.9 Å². The fourth-order valence-corrected chi connectivity index (χ4v) is 3.03. The first-order valence-electron chi connectivity index (χ1n) is 8.46. The highest BCUT2D eigenvalue weighted by Crippen LogP contribution is 2.24. The minimum absolute atomic E-state index is 0.0586. The van der Waals surface area contributed by atoms with Gasteiger partial charge in [0.1, 0.15) is 5.82 Å². The molecule has 1 atom stereocenters. The summed E-state index contributed by atoms with van der Waals surface area (Å²) in [7, 11) is 0. The normalized spacial score (nSPS) is 12.4. The van der Waals surface area contributed by atoms with E-state index >= 15 is 0 Å². The van der Waals surface area contributed by atoms with Crippen LogP contribution in [0.3, 0.4) is 0 Å². The van der Waals surface area contributed by atoms with E-state index in [1.807, 2.05) is 38.1 Å². The van der Waals surface area contributed by atoms with Crippen LogP contribution in [0.2, 0.25) is 0 Å². The lowest BCUT2D eigenvalue weighted by atomic mass is 10.1. The number of non-ortho nitro benzene ring substituents is 1. The summed E-state index contributed by atoms with van der Waals surface area (Å²) in [5.74, 6) is 0.577. The molecule has 0 amide bonds. The van der Waals surface area contributed by atoms with Crippen LogP contribution in [0.4, 0.5) is 5.69 Å². The van der Waals surface area contributed by atoms with Gasteiger partial charge in [-0.05, 0) is 31.2 Å². The molecule has 2 aromatic carbocycles. The van der Waals surface area contributed by atoms with Gasteiger partial charge in [0.05, 0.1) is 22.4 Å². The molecule has 3 rings (SSSR count). The highest BCUT2D eigenvalue weighted by Gasteiger charge is 2.18. The Bertz CT molecular complexity index is 999. The highest BCUT2D eigenvalue weighted by molar-refractivity contribution is 5.77. The molecule has 0 aliphatic rings. The van der Waals surface area contributed by atoms with Gasteiger partial charge in [0.15, 0.2) is 0 Å². The van der Waals surface area contributed by atoms with Gasteiger partial charge in [-0.3, -0.25) is 19.8 Å². The van der Waals surface area contributed by atoms with E-state index < -0.39 is 4.92 Å². The minimum Gasteiger partial charge on any atom is -0.309 e. The number of rotatable bonds is 6. The van der Waals surface area contributed by atoms with Gasteiger partial charge in [-0.1, -0.05) is 31.2 Å². The maximum Gasteiger partial charge on any atom is 0.269 e. The number of hydrogen-bond acceptors (Lipinski definition) is 5. The van der Waals surface area contributed by atoms with E-state index in [0.717, 1.165) is 5.56 Å². The van der Waals surface area contributed by atoms with Gasteiger partial charge in [-0.25, -0.2) is 4.98 Å². The summed E-state index contributed by atoms with van der Waals surface area (Å²) in [5, 5.41) is 11.6. The molecule has 134 valence electrons. The van der Waals surface area contributed by atoms with Gasteiger partial charge in [-0.2, -0.15) is 0 Å². The molecule has 0 spiro atoms. The quantitative estimate of drug-likeness (QED) is 0.542. The average Bonchev–Trinajstić information content (AvgIpc) is 2.65. The topological polar surface area (TPSA) is 92.1 Å². The predicted octanol–water partition coefficient (Wildman–Crippen LogP) is 3.41. The fourth-order valence-electron chi connectivity index (χ4n) is 3.03. The Morgan fingerprint density at radius 1 is 1.23 bits per heavy atom. The van der Waals surface area contributed by atoms with Crippen molar-refractivity contribution in [3.63, 3.8) is 0 Å². The van der Waals surface area contributed by atoms with E-state index in [0.29, 0.717) is 29.8 Å². The van der Waals surface area contributed by atoms with Crippen molar-refractivity contribution in [3.05, 3.63) is 80.4 Å². The van der Waals surface area contributed by atoms with Gasteiger partial charge in [0.25, 0.3) is 11.2 Å². The molecule has 3 aromatic rings. The van der Waals surface area contributed by atoms with Crippen LogP contribution >= 0.6 is 0 Å². The zero-order chi connectivity index (χ0) is 18.7. The van der Waals surface area contributed by atoms with Gasteiger partial charge >= 0.3 is 0 Å². The third-order valence-corrected chi connectivity index (χ3v) is 4.53. The number of nitro benzene ring substituents is 1. The Morgan fingerprint density at radius 2 is 2.00 bits per heavy atom. The summed E-state index contributed by atoms with van der Waals surface area (Å²) in [5.41, 5.74) is 1.42. The number of aromatic nitrogens is 2. The van der Waals surface area contributed by atoms with Gasteiger partial charge in [0, 0.05) is 18.2 Å². The summed E-state index contributed by atoms with van der Waals surface area (Å²) in [6, 6.07) is 13.8. The van der Waals surface area contributed by atoms with Crippen LogP contribution < -0.4 is 5.56 Å². The number of H-pyrrole nitrogens is 1. The number of nitrogens with one attached hydrogen (secondary N) is 1. The van der Waals surface area contributed by atoms with E-state index in [4.69, 9.17) is 0 Å². The summed E-state index contributed by atoms with van der Waals surface area (Å²) in [4.78, 5) is 32.3. The minimum atomic E-state index is -0.394. The number of benzene rings is 2. The molecule has 0 aliphatic heterocycles. The molecule has 7 nitrogen and oxygen atoms in total. The van der Waals surface area contributed by atoms with Crippen molar-refractivity contribution in [1.82, 2.24) is 14.9 Å². The van der Waals surface area contributed by atoms with Crippen LogP contribution in [0, 0.1) is 10.1 Å². The second-order valence-corrected chi connectivity index (χ2v) is 6.12. The van der Waals surface area contributed by atoms with Crippen LogP contribution in [-0.4, -0.2) is 26.3 Å². The van der Waals surface area contributed by atoms with E-state index in [9.17, 15) is 14.9 Å². The van der Waals surface area contributed by atoms with Crippen LogP contribution in [0.1, 0.15) is 31.3 Å².